The Hall–Kier alpha value is -3.31. The maximum absolute atomic E-state index is 15.6. The quantitative estimate of drug-likeness (QED) is 0.454. The Labute approximate surface area is 195 Å². The summed E-state index contributed by atoms with van der Waals surface area (Å²) in [5.74, 6) is -0.196. The summed E-state index contributed by atoms with van der Waals surface area (Å²) in [7, 11) is -3.67. The highest BCUT2D eigenvalue weighted by Crippen LogP contribution is 2.44. The van der Waals surface area contributed by atoms with Crippen molar-refractivity contribution in [3.05, 3.63) is 59.3 Å². The van der Waals surface area contributed by atoms with Crippen molar-refractivity contribution in [3.8, 4) is 16.8 Å². The third-order valence-electron chi connectivity index (χ3n) is 6.30. The zero-order chi connectivity index (χ0) is 24.6. The Balaban J connectivity index is 1.87. The molecule has 8 nitrogen and oxygen atoms in total. The van der Waals surface area contributed by atoms with Gasteiger partial charge in [-0.15, -0.1) is 10.2 Å². The van der Waals surface area contributed by atoms with Gasteiger partial charge in [0.1, 0.15) is 17.5 Å². The van der Waals surface area contributed by atoms with Crippen molar-refractivity contribution >= 4 is 26.6 Å². The zero-order valence-corrected chi connectivity index (χ0v) is 20.0. The van der Waals surface area contributed by atoms with Crippen LogP contribution >= 0.6 is 0 Å². The largest absolute Gasteiger partial charge is 0.369 e. The number of hydrogen-bond acceptors (Lipinski definition) is 6. The normalized spacial score (nSPS) is 14.7. The van der Waals surface area contributed by atoms with E-state index in [1.165, 1.54) is 25.3 Å². The third-order valence-corrected chi connectivity index (χ3v) is 7.95. The molecule has 0 saturated heterocycles. The summed E-state index contributed by atoms with van der Waals surface area (Å²) >= 11 is 0. The van der Waals surface area contributed by atoms with Crippen LogP contribution in [0.15, 0.2) is 30.5 Å². The van der Waals surface area contributed by atoms with Gasteiger partial charge in [0, 0.05) is 23.7 Å². The minimum absolute atomic E-state index is 0.0170. The Morgan fingerprint density at radius 3 is 2.56 bits per heavy atom. The number of aryl methyl sites for hydroxylation is 1. The standard InChI is InChI=1S/C23H24F2N6O2S/c1-5-34(32,33)30-7-6-14-15(8-13(24)9-19(14)30)16-10-18(25)20-21(17(16)11-26)31-12(2)28-29-22(31)23(3,4)27-20/h6-10,27H,5,11,26H2,1-4H3. The van der Waals surface area contributed by atoms with Crippen LogP contribution in [0.1, 0.15) is 38.0 Å². The van der Waals surface area contributed by atoms with Crippen LogP contribution in [0.3, 0.4) is 0 Å². The van der Waals surface area contributed by atoms with Crippen molar-refractivity contribution in [2.24, 2.45) is 5.73 Å². The highest BCUT2D eigenvalue weighted by atomic mass is 32.2. The van der Waals surface area contributed by atoms with E-state index in [1.807, 2.05) is 13.8 Å². The van der Waals surface area contributed by atoms with Gasteiger partial charge in [0.25, 0.3) is 0 Å². The Morgan fingerprint density at radius 1 is 1.15 bits per heavy atom. The lowest BCUT2D eigenvalue weighted by Crippen LogP contribution is -2.37. The number of anilines is 1. The minimum Gasteiger partial charge on any atom is -0.369 e. The minimum atomic E-state index is -3.67. The monoisotopic (exact) mass is 486 g/mol. The van der Waals surface area contributed by atoms with Crippen molar-refractivity contribution in [2.45, 2.75) is 39.8 Å². The summed E-state index contributed by atoms with van der Waals surface area (Å²) < 4.78 is 58.3. The molecule has 178 valence electrons. The lowest BCUT2D eigenvalue weighted by Gasteiger charge is -2.35. The predicted molar refractivity (Wildman–Crippen MR) is 126 cm³/mol. The molecule has 0 aliphatic carbocycles. The SMILES string of the molecule is CCS(=O)(=O)n1ccc2c(-c3cc(F)c4c(c3CN)-n3c(C)nnc3C(C)(C)N4)cc(F)cc21. The predicted octanol–water partition coefficient (Wildman–Crippen LogP) is 3.79. The molecule has 0 saturated carbocycles. The number of rotatable bonds is 4. The molecular weight excluding hydrogens is 462 g/mol. The van der Waals surface area contributed by atoms with E-state index in [0.29, 0.717) is 39.4 Å². The Morgan fingerprint density at radius 2 is 1.88 bits per heavy atom. The molecule has 11 heteroatoms. The summed E-state index contributed by atoms with van der Waals surface area (Å²) in [5.41, 5.74) is 7.66. The zero-order valence-electron chi connectivity index (χ0n) is 19.1. The molecule has 4 aromatic rings. The van der Waals surface area contributed by atoms with E-state index in [0.717, 1.165) is 10.0 Å². The van der Waals surface area contributed by atoms with E-state index in [9.17, 15) is 12.8 Å². The van der Waals surface area contributed by atoms with E-state index in [-0.39, 0.29) is 23.5 Å². The van der Waals surface area contributed by atoms with Crippen LogP contribution in [-0.2, 0) is 22.1 Å². The van der Waals surface area contributed by atoms with Crippen LogP contribution in [0, 0.1) is 18.6 Å². The molecule has 0 bridgehead atoms. The van der Waals surface area contributed by atoms with Gasteiger partial charge in [-0.3, -0.25) is 4.57 Å². The van der Waals surface area contributed by atoms with Gasteiger partial charge in [-0.2, -0.15) is 0 Å². The van der Waals surface area contributed by atoms with Gasteiger partial charge in [0.15, 0.2) is 5.82 Å². The van der Waals surface area contributed by atoms with Crippen LogP contribution in [-0.4, -0.2) is 32.9 Å². The van der Waals surface area contributed by atoms with Gasteiger partial charge in [-0.1, -0.05) is 0 Å². The summed E-state index contributed by atoms with van der Waals surface area (Å²) in [6.45, 7) is 7.04. The number of nitrogens with zero attached hydrogens (tertiary/aromatic N) is 4. The van der Waals surface area contributed by atoms with Crippen molar-refractivity contribution in [1.82, 2.24) is 18.7 Å². The first kappa shape index (κ1) is 22.5. The van der Waals surface area contributed by atoms with Crippen molar-refractivity contribution in [2.75, 3.05) is 11.1 Å². The molecule has 5 rings (SSSR count). The van der Waals surface area contributed by atoms with Crippen LogP contribution in [0.25, 0.3) is 27.7 Å². The molecule has 1 aliphatic heterocycles. The van der Waals surface area contributed by atoms with Crippen LogP contribution < -0.4 is 11.1 Å². The number of benzene rings is 2. The van der Waals surface area contributed by atoms with E-state index in [2.05, 4.69) is 15.5 Å². The molecule has 34 heavy (non-hydrogen) atoms. The van der Waals surface area contributed by atoms with Gasteiger partial charge in [-0.25, -0.2) is 21.2 Å². The van der Waals surface area contributed by atoms with Gasteiger partial charge >= 0.3 is 0 Å². The smallest absolute Gasteiger partial charge is 0.238 e. The van der Waals surface area contributed by atoms with Crippen molar-refractivity contribution in [3.63, 3.8) is 0 Å². The van der Waals surface area contributed by atoms with E-state index in [4.69, 9.17) is 5.73 Å². The number of fused-ring (bicyclic) bond motifs is 4. The topological polar surface area (TPSA) is 108 Å². The molecule has 3 heterocycles. The molecule has 0 fully saturated rings. The molecule has 3 N–H and O–H groups in total. The maximum atomic E-state index is 15.6. The number of nitrogens with one attached hydrogen (secondary N) is 1. The number of nitrogens with two attached hydrogens (primary N) is 1. The van der Waals surface area contributed by atoms with Crippen LogP contribution in [0.5, 0.6) is 0 Å². The van der Waals surface area contributed by atoms with Crippen molar-refractivity contribution < 1.29 is 17.2 Å². The Bertz CT molecular complexity index is 1590. The van der Waals surface area contributed by atoms with E-state index >= 15 is 4.39 Å². The molecule has 0 radical (unpaired) electrons. The fourth-order valence-electron chi connectivity index (χ4n) is 4.68. The van der Waals surface area contributed by atoms with Gasteiger partial charge < -0.3 is 11.1 Å². The summed E-state index contributed by atoms with van der Waals surface area (Å²) in [4.78, 5) is 0. The first-order valence-electron chi connectivity index (χ1n) is 10.8. The van der Waals surface area contributed by atoms with Gasteiger partial charge in [0.05, 0.1) is 28.2 Å². The second-order valence-corrected chi connectivity index (χ2v) is 11.0. The third kappa shape index (κ3) is 3.07. The molecule has 0 amide bonds. The number of aromatic nitrogens is 4. The molecule has 0 unspecified atom stereocenters. The second kappa shape index (κ2) is 7.34. The fraction of sp³-hybridized carbons (Fsp3) is 0.304. The second-order valence-electron chi connectivity index (χ2n) is 8.87. The van der Waals surface area contributed by atoms with Crippen LogP contribution in [0.2, 0.25) is 0 Å². The summed E-state index contributed by atoms with van der Waals surface area (Å²) in [6, 6.07) is 5.33. The van der Waals surface area contributed by atoms with E-state index in [1.54, 1.807) is 17.6 Å². The average molecular weight is 487 g/mol. The van der Waals surface area contributed by atoms with E-state index < -0.39 is 27.2 Å². The summed E-state index contributed by atoms with van der Waals surface area (Å²) in [6.07, 6.45) is 1.38. The lowest BCUT2D eigenvalue weighted by atomic mass is 9.91. The first-order valence-corrected chi connectivity index (χ1v) is 12.4. The molecule has 0 spiro atoms. The highest BCUT2D eigenvalue weighted by Gasteiger charge is 2.37. The van der Waals surface area contributed by atoms with Crippen LogP contribution in [0.4, 0.5) is 14.5 Å². The molecular formula is C23H24F2N6O2S. The molecule has 1 aliphatic rings. The molecule has 2 aromatic heterocycles. The fourth-order valence-corrected chi connectivity index (χ4v) is 5.66. The van der Waals surface area contributed by atoms with Gasteiger partial charge in [0.2, 0.25) is 10.0 Å². The number of hydrogen-bond donors (Lipinski definition) is 2. The van der Waals surface area contributed by atoms with Crippen molar-refractivity contribution in [1.29, 1.82) is 0 Å². The average Bonchev–Trinajstić information content (AvgIpc) is 3.38. The number of halogens is 2. The molecule has 0 atom stereocenters. The first-order chi connectivity index (χ1) is 16.0. The highest BCUT2D eigenvalue weighted by molar-refractivity contribution is 7.90. The maximum Gasteiger partial charge on any atom is 0.238 e. The molecule has 2 aromatic carbocycles. The Kier molecular flexibility index (Phi) is 4.86. The summed E-state index contributed by atoms with van der Waals surface area (Å²) in [5, 5.41) is 12.1. The lowest BCUT2D eigenvalue weighted by molar-refractivity contribution is 0.521. The van der Waals surface area contributed by atoms with Gasteiger partial charge in [-0.05, 0) is 63.1 Å².